The van der Waals surface area contributed by atoms with E-state index in [9.17, 15) is 9.59 Å². The number of nitrogens with zero attached hydrogens (tertiary/aromatic N) is 2. The third kappa shape index (κ3) is 3.37. The lowest BCUT2D eigenvalue weighted by molar-refractivity contribution is 0.0326. The van der Waals surface area contributed by atoms with Gasteiger partial charge in [0.05, 0.1) is 17.3 Å². The molecule has 0 radical (unpaired) electrons. The van der Waals surface area contributed by atoms with Crippen LogP contribution in [0.25, 0.3) is 0 Å². The maximum absolute atomic E-state index is 13.0. The minimum atomic E-state index is -0.342. The number of likely N-dealkylation sites (tertiary alicyclic amines) is 1. The number of alkyl carbamates (subject to hydrolysis) is 1. The highest BCUT2D eigenvalue weighted by atomic mass is 32.1. The third-order valence-electron chi connectivity index (χ3n) is 5.45. The summed E-state index contributed by atoms with van der Waals surface area (Å²) in [7, 11) is 0. The number of amides is 2. The zero-order valence-electron chi connectivity index (χ0n) is 14.4. The van der Waals surface area contributed by atoms with E-state index in [1.54, 1.807) is 11.3 Å². The standard InChI is InChI=1S/C17H24N4O3S/c1-10-14(25-15(19-10)11-2-5-18-6-3-11)16(22)21-7-4-13-12(8-21)9-24-17(23)20-13/h11-13,18H,2-9H2,1H3,(H,20,23)/t12-,13+/m1/s1. The van der Waals surface area contributed by atoms with E-state index >= 15 is 0 Å². The van der Waals surface area contributed by atoms with Crippen molar-refractivity contribution in [3.63, 3.8) is 0 Å². The van der Waals surface area contributed by atoms with Crippen LogP contribution in [0.5, 0.6) is 0 Å². The largest absolute Gasteiger partial charge is 0.449 e. The molecule has 2 atom stereocenters. The highest BCUT2D eigenvalue weighted by molar-refractivity contribution is 7.13. The summed E-state index contributed by atoms with van der Waals surface area (Å²) in [5, 5.41) is 7.33. The molecule has 2 amide bonds. The molecule has 1 aromatic rings. The SMILES string of the molecule is Cc1nc(C2CCNCC2)sc1C(=O)N1CC[C@@H]2NC(=O)OC[C@H]2C1. The Kier molecular flexibility index (Phi) is 4.64. The van der Waals surface area contributed by atoms with Gasteiger partial charge in [0.25, 0.3) is 5.91 Å². The molecule has 4 heterocycles. The van der Waals surface area contributed by atoms with Crippen LogP contribution < -0.4 is 10.6 Å². The number of aromatic nitrogens is 1. The number of thiazole rings is 1. The monoisotopic (exact) mass is 364 g/mol. The lowest BCUT2D eigenvalue weighted by Gasteiger charge is -2.40. The minimum Gasteiger partial charge on any atom is -0.449 e. The number of carbonyl (C=O) groups excluding carboxylic acids is 2. The number of piperidine rings is 2. The predicted molar refractivity (Wildman–Crippen MR) is 94.0 cm³/mol. The number of fused-ring (bicyclic) bond motifs is 1. The Morgan fingerprint density at radius 2 is 2.12 bits per heavy atom. The topological polar surface area (TPSA) is 83.6 Å². The quantitative estimate of drug-likeness (QED) is 0.831. The molecule has 3 aliphatic rings. The number of hydrogen-bond donors (Lipinski definition) is 2. The Labute approximate surface area is 151 Å². The zero-order valence-corrected chi connectivity index (χ0v) is 15.2. The van der Waals surface area contributed by atoms with E-state index in [0.717, 1.165) is 47.9 Å². The van der Waals surface area contributed by atoms with Crippen molar-refractivity contribution in [3.05, 3.63) is 15.6 Å². The molecule has 0 bridgehead atoms. The van der Waals surface area contributed by atoms with Gasteiger partial charge in [-0.15, -0.1) is 11.3 Å². The zero-order chi connectivity index (χ0) is 17.4. The van der Waals surface area contributed by atoms with E-state index in [-0.39, 0.29) is 24.0 Å². The fourth-order valence-electron chi connectivity index (χ4n) is 3.95. The van der Waals surface area contributed by atoms with E-state index in [2.05, 4.69) is 10.6 Å². The van der Waals surface area contributed by atoms with Crippen molar-refractivity contribution in [2.24, 2.45) is 5.92 Å². The summed E-state index contributed by atoms with van der Waals surface area (Å²) in [5.41, 5.74) is 0.846. The van der Waals surface area contributed by atoms with Crippen molar-refractivity contribution in [2.75, 3.05) is 32.8 Å². The van der Waals surface area contributed by atoms with Gasteiger partial charge in [-0.3, -0.25) is 4.79 Å². The molecule has 3 fully saturated rings. The number of ether oxygens (including phenoxy) is 1. The fourth-order valence-corrected chi connectivity index (χ4v) is 5.16. The number of hydrogen-bond acceptors (Lipinski definition) is 6. The summed E-state index contributed by atoms with van der Waals surface area (Å²) in [6.07, 6.45) is 2.62. The summed E-state index contributed by atoms with van der Waals surface area (Å²) in [6.45, 7) is 5.67. The van der Waals surface area contributed by atoms with E-state index < -0.39 is 0 Å². The van der Waals surface area contributed by atoms with Gasteiger partial charge in [-0.1, -0.05) is 0 Å². The number of rotatable bonds is 2. The van der Waals surface area contributed by atoms with Gasteiger partial charge in [-0.25, -0.2) is 9.78 Å². The molecular formula is C17H24N4O3S. The molecule has 0 aromatic carbocycles. The van der Waals surface area contributed by atoms with Gasteiger partial charge < -0.3 is 20.3 Å². The lowest BCUT2D eigenvalue weighted by Crippen LogP contribution is -2.57. The second-order valence-corrected chi connectivity index (χ2v) is 8.17. The first kappa shape index (κ1) is 16.8. The molecule has 4 rings (SSSR count). The van der Waals surface area contributed by atoms with Crippen LogP contribution in [-0.4, -0.2) is 60.7 Å². The van der Waals surface area contributed by atoms with Gasteiger partial charge in [0.2, 0.25) is 0 Å². The van der Waals surface area contributed by atoms with Crippen LogP contribution in [0.15, 0.2) is 0 Å². The number of nitrogens with one attached hydrogen (secondary N) is 2. The van der Waals surface area contributed by atoms with Gasteiger partial charge in [-0.2, -0.15) is 0 Å². The van der Waals surface area contributed by atoms with Crippen molar-refractivity contribution >= 4 is 23.3 Å². The third-order valence-corrected chi connectivity index (χ3v) is 6.76. The molecule has 0 saturated carbocycles. The van der Waals surface area contributed by atoms with Crippen molar-refractivity contribution < 1.29 is 14.3 Å². The molecule has 7 nitrogen and oxygen atoms in total. The molecule has 3 aliphatic heterocycles. The summed E-state index contributed by atoms with van der Waals surface area (Å²) in [6, 6.07) is 0.123. The van der Waals surface area contributed by atoms with E-state index in [0.29, 0.717) is 25.6 Å². The van der Waals surface area contributed by atoms with Crippen LogP contribution >= 0.6 is 11.3 Å². The fraction of sp³-hybridized carbons (Fsp3) is 0.706. The first-order valence-electron chi connectivity index (χ1n) is 9.02. The van der Waals surface area contributed by atoms with Crippen LogP contribution in [0.3, 0.4) is 0 Å². The van der Waals surface area contributed by atoms with Crippen molar-refractivity contribution in [1.82, 2.24) is 20.5 Å². The smallest absolute Gasteiger partial charge is 0.407 e. The molecule has 2 N–H and O–H groups in total. The number of cyclic esters (lactones) is 1. The molecule has 0 spiro atoms. The maximum Gasteiger partial charge on any atom is 0.407 e. The van der Waals surface area contributed by atoms with Crippen LogP contribution in [0.2, 0.25) is 0 Å². The maximum atomic E-state index is 13.0. The summed E-state index contributed by atoms with van der Waals surface area (Å²) in [4.78, 5) is 31.7. The average molecular weight is 364 g/mol. The Balaban J connectivity index is 1.46. The highest BCUT2D eigenvalue weighted by Gasteiger charge is 2.37. The summed E-state index contributed by atoms with van der Waals surface area (Å²) >= 11 is 1.57. The number of aryl methyl sites for hydroxylation is 1. The van der Waals surface area contributed by atoms with Gasteiger partial charge in [0, 0.05) is 31.0 Å². The Hall–Kier alpha value is -1.67. The first-order valence-corrected chi connectivity index (χ1v) is 9.84. The average Bonchev–Trinajstić information content (AvgIpc) is 3.03. The highest BCUT2D eigenvalue weighted by Crippen LogP contribution is 2.32. The molecule has 8 heteroatoms. The second-order valence-electron chi connectivity index (χ2n) is 7.14. The van der Waals surface area contributed by atoms with E-state index in [4.69, 9.17) is 9.72 Å². The Morgan fingerprint density at radius 3 is 2.92 bits per heavy atom. The predicted octanol–water partition coefficient (Wildman–Crippen LogP) is 1.49. The summed E-state index contributed by atoms with van der Waals surface area (Å²) < 4.78 is 5.08. The van der Waals surface area contributed by atoms with Crippen LogP contribution in [-0.2, 0) is 4.74 Å². The van der Waals surface area contributed by atoms with Gasteiger partial charge in [-0.05, 0) is 39.3 Å². The van der Waals surface area contributed by atoms with Crippen LogP contribution in [0.1, 0.15) is 45.6 Å². The van der Waals surface area contributed by atoms with E-state index in [1.165, 1.54) is 0 Å². The summed E-state index contributed by atoms with van der Waals surface area (Å²) in [5.74, 6) is 0.720. The Bertz CT molecular complexity index is 671. The van der Waals surface area contributed by atoms with Gasteiger partial charge >= 0.3 is 6.09 Å². The van der Waals surface area contributed by atoms with Gasteiger partial charge in [0.15, 0.2) is 0 Å². The Morgan fingerprint density at radius 1 is 1.32 bits per heavy atom. The molecule has 1 aromatic heterocycles. The molecule has 0 unspecified atom stereocenters. The molecule has 0 aliphatic carbocycles. The molecule has 25 heavy (non-hydrogen) atoms. The lowest BCUT2D eigenvalue weighted by atomic mass is 9.92. The van der Waals surface area contributed by atoms with Crippen molar-refractivity contribution in [3.8, 4) is 0 Å². The van der Waals surface area contributed by atoms with Crippen LogP contribution in [0, 0.1) is 12.8 Å². The number of carbonyl (C=O) groups is 2. The molecule has 136 valence electrons. The second kappa shape index (κ2) is 6.92. The van der Waals surface area contributed by atoms with Crippen molar-refractivity contribution in [1.29, 1.82) is 0 Å². The van der Waals surface area contributed by atoms with Gasteiger partial charge in [0.1, 0.15) is 4.88 Å². The molecule has 3 saturated heterocycles. The van der Waals surface area contributed by atoms with E-state index in [1.807, 2.05) is 11.8 Å². The molecular weight excluding hydrogens is 340 g/mol. The first-order chi connectivity index (χ1) is 12.1. The minimum absolute atomic E-state index is 0.0746. The normalized spacial score (nSPS) is 27.4. The van der Waals surface area contributed by atoms with Crippen molar-refractivity contribution in [2.45, 2.75) is 38.1 Å². The van der Waals surface area contributed by atoms with Crippen LogP contribution in [0.4, 0.5) is 4.79 Å².